The van der Waals surface area contributed by atoms with Crippen LogP contribution in [0.25, 0.3) is 0 Å². The SMILES string of the molecule is COc1cc(OC)c(OC)c(C2=NC(C)(C)CO2)c1. The molecule has 0 spiro atoms. The normalized spacial score (nSPS) is 16.6. The average Bonchev–Trinajstić information content (AvgIpc) is 2.77. The van der Waals surface area contributed by atoms with E-state index in [1.807, 2.05) is 19.9 Å². The van der Waals surface area contributed by atoms with Crippen LogP contribution < -0.4 is 14.2 Å². The van der Waals surface area contributed by atoms with Gasteiger partial charge in [-0.1, -0.05) is 0 Å². The first-order valence-corrected chi connectivity index (χ1v) is 6.04. The van der Waals surface area contributed by atoms with Crippen LogP contribution in [0.2, 0.25) is 0 Å². The van der Waals surface area contributed by atoms with E-state index in [4.69, 9.17) is 18.9 Å². The third-order valence-electron chi connectivity index (χ3n) is 2.88. The minimum absolute atomic E-state index is 0.226. The smallest absolute Gasteiger partial charge is 0.220 e. The van der Waals surface area contributed by atoms with Crippen LogP contribution in [0, 0.1) is 0 Å². The number of aliphatic imine (C=N–C) groups is 1. The topological polar surface area (TPSA) is 49.3 Å². The number of rotatable bonds is 4. The Labute approximate surface area is 113 Å². The molecule has 0 atom stereocenters. The Morgan fingerprint density at radius 3 is 2.32 bits per heavy atom. The predicted molar refractivity (Wildman–Crippen MR) is 72.7 cm³/mol. The highest BCUT2D eigenvalue weighted by Gasteiger charge is 2.30. The monoisotopic (exact) mass is 265 g/mol. The number of hydrogen-bond donors (Lipinski definition) is 0. The first-order chi connectivity index (χ1) is 9.00. The number of methoxy groups -OCH3 is 3. The summed E-state index contributed by atoms with van der Waals surface area (Å²) in [5.74, 6) is 2.41. The van der Waals surface area contributed by atoms with Gasteiger partial charge in [0.05, 0.1) is 32.4 Å². The third kappa shape index (κ3) is 2.59. The van der Waals surface area contributed by atoms with Gasteiger partial charge in [0.1, 0.15) is 12.4 Å². The zero-order chi connectivity index (χ0) is 14.0. The molecule has 1 aliphatic rings. The van der Waals surface area contributed by atoms with E-state index in [1.165, 1.54) is 0 Å². The number of nitrogens with zero attached hydrogens (tertiary/aromatic N) is 1. The van der Waals surface area contributed by atoms with Crippen molar-refractivity contribution in [3.05, 3.63) is 17.7 Å². The van der Waals surface area contributed by atoms with Gasteiger partial charge >= 0.3 is 0 Å². The van der Waals surface area contributed by atoms with Gasteiger partial charge in [0.2, 0.25) is 5.90 Å². The largest absolute Gasteiger partial charge is 0.497 e. The molecule has 0 saturated heterocycles. The summed E-state index contributed by atoms with van der Waals surface area (Å²) in [6.45, 7) is 4.58. The van der Waals surface area contributed by atoms with Crippen LogP contribution in [0.3, 0.4) is 0 Å². The van der Waals surface area contributed by atoms with E-state index in [1.54, 1.807) is 27.4 Å². The summed E-state index contributed by atoms with van der Waals surface area (Å²) in [7, 11) is 4.78. The second kappa shape index (κ2) is 4.99. The number of ether oxygens (including phenoxy) is 4. The molecule has 2 rings (SSSR count). The van der Waals surface area contributed by atoms with Crippen molar-refractivity contribution in [3.8, 4) is 17.2 Å². The Morgan fingerprint density at radius 1 is 1.11 bits per heavy atom. The van der Waals surface area contributed by atoms with Gasteiger partial charge in [0.15, 0.2) is 11.5 Å². The fourth-order valence-corrected chi connectivity index (χ4v) is 1.94. The first kappa shape index (κ1) is 13.5. The third-order valence-corrected chi connectivity index (χ3v) is 2.88. The summed E-state index contributed by atoms with van der Waals surface area (Å²) < 4.78 is 21.6. The van der Waals surface area contributed by atoms with Gasteiger partial charge in [-0.05, 0) is 19.9 Å². The Kier molecular flexibility index (Phi) is 3.55. The Hall–Kier alpha value is -1.91. The van der Waals surface area contributed by atoms with Gasteiger partial charge in [-0.3, -0.25) is 0 Å². The van der Waals surface area contributed by atoms with E-state index in [9.17, 15) is 0 Å². The number of hydrogen-bond acceptors (Lipinski definition) is 5. The molecule has 1 heterocycles. The van der Waals surface area contributed by atoms with Crippen molar-refractivity contribution in [3.63, 3.8) is 0 Å². The fourth-order valence-electron chi connectivity index (χ4n) is 1.94. The molecule has 0 radical (unpaired) electrons. The fraction of sp³-hybridized carbons (Fsp3) is 0.500. The van der Waals surface area contributed by atoms with Crippen molar-refractivity contribution in [2.75, 3.05) is 27.9 Å². The molecule has 0 fully saturated rings. The van der Waals surface area contributed by atoms with Crippen molar-refractivity contribution in [1.82, 2.24) is 0 Å². The van der Waals surface area contributed by atoms with Crippen LogP contribution in [0.1, 0.15) is 19.4 Å². The molecule has 0 bridgehead atoms. The molecule has 5 nitrogen and oxygen atoms in total. The first-order valence-electron chi connectivity index (χ1n) is 6.04. The summed E-state index contributed by atoms with van der Waals surface area (Å²) in [4.78, 5) is 4.55. The van der Waals surface area contributed by atoms with Crippen LogP contribution in [0.5, 0.6) is 17.2 Å². The lowest BCUT2D eigenvalue weighted by Gasteiger charge is -2.14. The zero-order valence-electron chi connectivity index (χ0n) is 11.9. The van der Waals surface area contributed by atoms with Crippen LogP contribution in [-0.4, -0.2) is 39.4 Å². The van der Waals surface area contributed by atoms with E-state index in [2.05, 4.69) is 4.99 Å². The average molecular weight is 265 g/mol. The lowest BCUT2D eigenvalue weighted by Crippen LogP contribution is -2.17. The van der Waals surface area contributed by atoms with Crippen molar-refractivity contribution in [2.24, 2.45) is 4.99 Å². The maximum atomic E-state index is 5.65. The van der Waals surface area contributed by atoms with Gasteiger partial charge < -0.3 is 18.9 Å². The molecule has 1 aliphatic heterocycles. The summed E-state index contributed by atoms with van der Waals surface area (Å²) in [6.07, 6.45) is 0. The molecule has 0 unspecified atom stereocenters. The van der Waals surface area contributed by atoms with Gasteiger partial charge in [-0.15, -0.1) is 0 Å². The maximum Gasteiger partial charge on any atom is 0.220 e. The Morgan fingerprint density at radius 2 is 1.84 bits per heavy atom. The lowest BCUT2D eigenvalue weighted by atomic mass is 10.1. The van der Waals surface area contributed by atoms with Gasteiger partial charge in [0, 0.05) is 6.07 Å². The highest BCUT2D eigenvalue weighted by molar-refractivity contribution is 5.99. The van der Waals surface area contributed by atoms with Crippen molar-refractivity contribution in [2.45, 2.75) is 19.4 Å². The van der Waals surface area contributed by atoms with E-state index < -0.39 is 0 Å². The minimum atomic E-state index is -0.226. The molecule has 0 saturated carbocycles. The van der Waals surface area contributed by atoms with E-state index in [0.29, 0.717) is 29.8 Å². The Bertz CT molecular complexity index is 508. The summed E-state index contributed by atoms with van der Waals surface area (Å²) in [5, 5.41) is 0. The second-order valence-corrected chi connectivity index (χ2v) is 4.93. The molecule has 0 aliphatic carbocycles. The number of benzene rings is 1. The van der Waals surface area contributed by atoms with E-state index >= 15 is 0 Å². The standard InChI is InChI=1S/C14H19NO4/c1-14(2)8-19-13(15-14)10-6-9(16-3)7-11(17-4)12(10)18-5/h6-7H,8H2,1-5H3. The van der Waals surface area contributed by atoms with Crippen molar-refractivity contribution >= 4 is 5.90 Å². The van der Waals surface area contributed by atoms with Crippen LogP contribution >= 0.6 is 0 Å². The second-order valence-electron chi connectivity index (χ2n) is 4.93. The van der Waals surface area contributed by atoms with Crippen molar-refractivity contribution in [1.29, 1.82) is 0 Å². The molecule has 5 heteroatoms. The molecule has 0 amide bonds. The molecule has 0 aromatic heterocycles. The van der Waals surface area contributed by atoms with E-state index in [-0.39, 0.29) is 5.54 Å². The quantitative estimate of drug-likeness (QED) is 0.838. The minimum Gasteiger partial charge on any atom is -0.497 e. The summed E-state index contributed by atoms with van der Waals surface area (Å²) in [5.41, 5.74) is 0.515. The van der Waals surface area contributed by atoms with Crippen LogP contribution in [0.15, 0.2) is 17.1 Å². The molecular formula is C14H19NO4. The lowest BCUT2D eigenvalue weighted by molar-refractivity contribution is 0.278. The summed E-state index contributed by atoms with van der Waals surface area (Å²) in [6, 6.07) is 3.60. The molecule has 0 N–H and O–H groups in total. The zero-order valence-corrected chi connectivity index (χ0v) is 11.9. The molecule has 1 aromatic rings. The highest BCUT2D eigenvalue weighted by Crippen LogP contribution is 2.37. The van der Waals surface area contributed by atoms with Gasteiger partial charge in [-0.25, -0.2) is 4.99 Å². The predicted octanol–water partition coefficient (Wildman–Crippen LogP) is 2.27. The highest BCUT2D eigenvalue weighted by atomic mass is 16.5. The molecule has 1 aromatic carbocycles. The Balaban J connectivity index is 2.55. The molecule has 19 heavy (non-hydrogen) atoms. The van der Waals surface area contributed by atoms with Crippen molar-refractivity contribution < 1.29 is 18.9 Å². The van der Waals surface area contributed by atoms with Gasteiger partial charge in [0.25, 0.3) is 0 Å². The summed E-state index contributed by atoms with van der Waals surface area (Å²) >= 11 is 0. The van der Waals surface area contributed by atoms with Crippen LogP contribution in [-0.2, 0) is 4.74 Å². The maximum absolute atomic E-state index is 5.65. The van der Waals surface area contributed by atoms with Gasteiger partial charge in [-0.2, -0.15) is 0 Å². The molecular weight excluding hydrogens is 246 g/mol. The molecule has 104 valence electrons. The van der Waals surface area contributed by atoms with Crippen LogP contribution in [0.4, 0.5) is 0 Å². The van der Waals surface area contributed by atoms with E-state index in [0.717, 1.165) is 5.56 Å².